The molecule has 3 heterocycles. The van der Waals surface area contributed by atoms with Gasteiger partial charge < -0.3 is 13.9 Å². The molecule has 9 aromatic carbocycles. The molecule has 2 aromatic heterocycles. The molecule has 63 heavy (non-hydrogen) atoms. The molecule has 1 aliphatic heterocycles. The van der Waals surface area contributed by atoms with Crippen LogP contribution in [0.2, 0.25) is 0 Å². The van der Waals surface area contributed by atoms with E-state index in [2.05, 4.69) is 234 Å². The van der Waals surface area contributed by atoms with Gasteiger partial charge in [0, 0.05) is 44.7 Å². The summed E-state index contributed by atoms with van der Waals surface area (Å²) < 4.78 is 11.9. The number of rotatable bonds is 6. The van der Waals surface area contributed by atoms with Crippen LogP contribution in [-0.2, 0) is 0 Å². The van der Waals surface area contributed by atoms with Gasteiger partial charge in [-0.2, -0.15) is 0 Å². The molecule has 1 aliphatic carbocycles. The first-order valence-corrected chi connectivity index (χ1v) is 21.9. The van der Waals surface area contributed by atoms with Crippen LogP contribution in [-0.4, -0.2) is 15.2 Å². The Balaban J connectivity index is 0.980. The second-order valence-electron chi connectivity index (χ2n) is 16.7. The lowest BCUT2D eigenvalue weighted by Crippen LogP contribution is -2.12. The SMILES string of the molecule is C1=CCC2Oc3c(-n4c5ccccc5c5cc(-c6ccc7c(c6)c6ccccc6n7-c6ccccc6-c6ccccc6)ccc54)ccc(-c4ccccc4-c4ccccc4)c3C2=C1. The van der Waals surface area contributed by atoms with E-state index in [1.54, 1.807) is 0 Å². The fraction of sp³-hybridized carbons (Fsp3) is 0.0333. The number of hydrogen-bond acceptors (Lipinski definition) is 1. The number of aromatic nitrogens is 2. The monoisotopic (exact) mass is 804 g/mol. The summed E-state index contributed by atoms with van der Waals surface area (Å²) in [5, 5.41) is 4.91. The van der Waals surface area contributed by atoms with Gasteiger partial charge in [0.15, 0.2) is 5.75 Å². The Bertz CT molecular complexity index is 3680. The molecule has 3 heteroatoms. The van der Waals surface area contributed by atoms with Crippen LogP contribution in [0.15, 0.2) is 224 Å². The Labute approximate surface area is 365 Å². The van der Waals surface area contributed by atoms with E-state index in [1.807, 2.05) is 0 Å². The number of fused-ring (bicyclic) bond motifs is 9. The van der Waals surface area contributed by atoms with Crippen molar-refractivity contribution in [3.8, 4) is 61.6 Å². The zero-order chi connectivity index (χ0) is 41.4. The predicted octanol–water partition coefficient (Wildman–Crippen LogP) is 15.7. The third-order valence-corrected chi connectivity index (χ3v) is 13.2. The zero-order valence-corrected chi connectivity index (χ0v) is 34.4. The molecule has 0 saturated heterocycles. The van der Waals surface area contributed by atoms with E-state index >= 15 is 0 Å². The second kappa shape index (κ2) is 14.2. The molecule has 11 aromatic rings. The van der Waals surface area contributed by atoms with Crippen LogP contribution in [0, 0.1) is 0 Å². The fourth-order valence-corrected chi connectivity index (χ4v) is 10.4. The van der Waals surface area contributed by atoms with Crippen LogP contribution in [0.1, 0.15) is 12.0 Å². The minimum absolute atomic E-state index is 0.0267. The predicted molar refractivity (Wildman–Crippen MR) is 263 cm³/mol. The molecule has 0 fully saturated rings. The van der Waals surface area contributed by atoms with E-state index in [0.29, 0.717) is 0 Å². The highest BCUT2D eigenvalue weighted by molar-refractivity contribution is 6.13. The van der Waals surface area contributed by atoms with Crippen molar-refractivity contribution in [1.82, 2.24) is 9.13 Å². The summed E-state index contributed by atoms with van der Waals surface area (Å²) in [6.07, 6.45) is 7.48. The van der Waals surface area contributed by atoms with Crippen LogP contribution in [0.25, 0.3) is 105 Å². The highest BCUT2D eigenvalue weighted by atomic mass is 16.5. The molecular weight excluding hydrogens is 765 g/mol. The number of ether oxygens (including phenoxy) is 1. The van der Waals surface area contributed by atoms with Gasteiger partial charge in [0.25, 0.3) is 0 Å². The quantitative estimate of drug-likeness (QED) is 0.164. The Hall–Kier alpha value is -8.14. The van der Waals surface area contributed by atoms with Gasteiger partial charge in [0.1, 0.15) is 6.10 Å². The lowest BCUT2D eigenvalue weighted by Gasteiger charge is -2.17. The van der Waals surface area contributed by atoms with Crippen LogP contribution >= 0.6 is 0 Å². The second-order valence-corrected chi connectivity index (χ2v) is 16.7. The van der Waals surface area contributed by atoms with E-state index in [0.717, 1.165) is 28.9 Å². The molecular formula is C60H40N2O. The maximum absolute atomic E-state index is 7.06. The Morgan fingerprint density at radius 2 is 0.905 bits per heavy atom. The van der Waals surface area contributed by atoms with E-state index < -0.39 is 0 Å². The van der Waals surface area contributed by atoms with Gasteiger partial charge in [-0.15, -0.1) is 0 Å². The summed E-state index contributed by atoms with van der Waals surface area (Å²) in [5.41, 5.74) is 19.0. The van der Waals surface area contributed by atoms with Crippen molar-refractivity contribution < 1.29 is 4.74 Å². The fourth-order valence-electron chi connectivity index (χ4n) is 10.4. The average Bonchev–Trinajstić information content (AvgIpc) is 4.02. The largest absolute Gasteiger partial charge is 0.483 e. The lowest BCUT2D eigenvalue weighted by atomic mass is 9.86. The standard InChI is InChI=1S/C60H40N2O/c1-3-17-39(18-4-1)43-21-7-8-23-45(43)48-33-36-57(60-59(48)49-26-12-16-30-58(49)63-60)62-54-29-15-11-25-47(54)51-38-42(32-35-56(51)62)41-31-34-55-50(37-41)46-24-10-14-28-53(46)61(55)52-27-13-9-22-44(52)40-19-5-2-6-20-40/h1-29,31-38,58H,30H2. The van der Waals surface area contributed by atoms with Crippen molar-refractivity contribution in [3.63, 3.8) is 0 Å². The van der Waals surface area contributed by atoms with Crippen molar-refractivity contribution >= 4 is 49.2 Å². The first kappa shape index (κ1) is 35.6. The van der Waals surface area contributed by atoms with Crippen molar-refractivity contribution in [3.05, 3.63) is 230 Å². The van der Waals surface area contributed by atoms with Crippen molar-refractivity contribution in [2.24, 2.45) is 0 Å². The molecule has 1 unspecified atom stereocenters. The van der Waals surface area contributed by atoms with Crippen molar-refractivity contribution in [2.45, 2.75) is 12.5 Å². The molecule has 13 rings (SSSR count). The normalized spacial score (nSPS) is 14.3. The summed E-state index contributed by atoms with van der Waals surface area (Å²) in [7, 11) is 0. The topological polar surface area (TPSA) is 19.1 Å². The van der Waals surface area contributed by atoms with Crippen LogP contribution in [0.5, 0.6) is 5.75 Å². The lowest BCUT2D eigenvalue weighted by molar-refractivity contribution is 0.278. The molecule has 1 atom stereocenters. The molecule has 296 valence electrons. The number of allylic oxidation sites excluding steroid dienone is 2. The minimum Gasteiger partial charge on any atom is -0.483 e. The Morgan fingerprint density at radius 1 is 0.381 bits per heavy atom. The maximum Gasteiger partial charge on any atom is 0.152 e. The van der Waals surface area contributed by atoms with Crippen LogP contribution in [0.3, 0.4) is 0 Å². The molecule has 0 radical (unpaired) electrons. The van der Waals surface area contributed by atoms with Crippen LogP contribution in [0.4, 0.5) is 0 Å². The molecule has 3 nitrogen and oxygen atoms in total. The number of nitrogens with zero attached hydrogens (tertiary/aromatic N) is 2. The zero-order valence-electron chi connectivity index (χ0n) is 34.4. The summed E-state index contributed by atoms with van der Waals surface area (Å²) in [5.74, 6) is 0.942. The Kier molecular flexibility index (Phi) is 8.04. The molecule has 2 aliphatic rings. The summed E-state index contributed by atoms with van der Waals surface area (Å²) in [6, 6.07) is 75.1. The summed E-state index contributed by atoms with van der Waals surface area (Å²) in [4.78, 5) is 0. The van der Waals surface area contributed by atoms with Gasteiger partial charge in [0.05, 0.1) is 33.4 Å². The summed E-state index contributed by atoms with van der Waals surface area (Å²) in [6.45, 7) is 0. The first-order valence-electron chi connectivity index (χ1n) is 21.9. The molecule has 0 spiro atoms. The summed E-state index contributed by atoms with van der Waals surface area (Å²) >= 11 is 0. The first-order chi connectivity index (χ1) is 31.3. The number of benzene rings is 9. The minimum atomic E-state index is -0.0267. The van der Waals surface area contributed by atoms with Crippen LogP contribution < -0.4 is 4.74 Å². The smallest absolute Gasteiger partial charge is 0.152 e. The van der Waals surface area contributed by atoms with Gasteiger partial charge in [-0.1, -0.05) is 176 Å². The van der Waals surface area contributed by atoms with E-state index in [9.17, 15) is 0 Å². The Morgan fingerprint density at radius 3 is 1.57 bits per heavy atom. The van der Waals surface area contributed by atoms with Gasteiger partial charge in [-0.25, -0.2) is 0 Å². The molecule has 0 amide bonds. The third kappa shape index (κ3) is 5.53. The maximum atomic E-state index is 7.06. The highest BCUT2D eigenvalue weighted by Gasteiger charge is 2.35. The van der Waals surface area contributed by atoms with Crippen molar-refractivity contribution in [1.29, 1.82) is 0 Å². The van der Waals surface area contributed by atoms with Gasteiger partial charge in [0.2, 0.25) is 0 Å². The number of hydrogen-bond donors (Lipinski definition) is 0. The average molecular weight is 805 g/mol. The van der Waals surface area contributed by atoms with Gasteiger partial charge >= 0.3 is 0 Å². The van der Waals surface area contributed by atoms with E-state index in [1.165, 1.54) is 93.9 Å². The van der Waals surface area contributed by atoms with Gasteiger partial charge in [-0.05, 0) is 87.5 Å². The molecule has 0 saturated carbocycles. The van der Waals surface area contributed by atoms with E-state index in [4.69, 9.17) is 4.74 Å². The number of para-hydroxylation sites is 3. The van der Waals surface area contributed by atoms with Gasteiger partial charge in [-0.3, -0.25) is 0 Å². The van der Waals surface area contributed by atoms with Crippen molar-refractivity contribution in [2.75, 3.05) is 0 Å². The molecule has 0 N–H and O–H groups in total. The van der Waals surface area contributed by atoms with E-state index in [-0.39, 0.29) is 6.10 Å². The highest BCUT2D eigenvalue weighted by Crippen LogP contribution is 2.51. The molecule has 0 bridgehead atoms. The third-order valence-electron chi connectivity index (χ3n) is 13.2.